The highest BCUT2D eigenvalue weighted by Gasteiger charge is 2.34. The minimum atomic E-state index is -0.521. The summed E-state index contributed by atoms with van der Waals surface area (Å²) in [5, 5.41) is 9.88. The lowest BCUT2D eigenvalue weighted by Crippen LogP contribution is -2.41. The Morgan fingerprint density at radius 1 is 1.34 bits per heavy atom. The molecule has 0 saturated carbocycles. The van der Waals surface area contributed by atoms with E-state index in [9.17, 15) is 14.9 Å². The number of fused-ring (bicyclic) bond motifs is 1. The average molecular weight is 396 g/mol. The monoisotopic (exact) mass is 396 g/mol. The van der Waals surface area contributed by atoms with Crippen molar-refractivity contribution in [2.45, 2.75) is 31.2 Å². The Balaban J connectivity index is 1.52. The molecule has 8 heteroatoms. The van der Waals surface area contributed by atoms with Gasteiger partial charge in [-0.05, 0) is 37.9 Å². The summed E-state index contributed by atoms with van der Waals surface area (Å²) < 4.78 is 11.3. The van der Waals surface area contributed by atoms with Crippen LogP contribution in [0.1, 0.15) is 41.3 Å². The molecule has 3 heterocycles. The second-order valence-corrected chi connectivity index (χ2v) is 7.66. The highest BCUT2D eigenvalue weighted by Crippen LogP contribution is 2.37. The zero-order valence-corrected chi connectivity index (χ0v) is 16.4. The fourth-order valence-corrected chi connectivity index (χ4v) is 4.44. The normalized spacial score (nSPS) is 22.1. The van der Waals surface area contributed by atoms with Crippen LogP contribution in [0, 0.1) is 11.3 Å². The van der Waals surface area contributed by atoms with Crippen molar-refractivity contribution in [2.75, 3.05) is 33.3 Å². The molecule has 8 nitrogen and oxygen atoms in total. The lowest BCUT2D eigenvalue weighted by atomic mass is 9.99. The summed E-state index contributed by atoms with van der Waals surface area (Å²) in [6.07, 6.45) is 2.39. The molecular formula is C21H24N4O4. The Kier molecular flexibility index (Phi) is 5.16. The molecule has 2 fully saturated rings. The summed E-state index contributed by atoms with van der Waals surface area (Å²) in [5.74, 6) is 0.664. The van der Waals surface area contributed by atoms with Crippen molar-refractivity contribution < 1.29 is 18.7 Å². The van der Waals surface area contributed by atoms with Crippen LogP contribution >= 0.6 is 0 Å². The number of nitrogens with zero attached hydrogens (tertiary/aromatic N) is 3. The highest BCUT2D eigenvalue weighted by atomic mass is 16.5. The summed E-state index contributed by atoms with van der Waals surface area (Å²) in [6.45, 7) is 2.24. The molecule has 2 saturated heterocycles. The number of hydrogen-bond acceptors (Lipinski definition) is 6. The fraction of sp³-hybridized carbons (Fsp3) is 0.476. The van der Waals surface area contributed by atoms with Gasteiger partial charge in [0, 0.05) is 30.5 Å². The molecule has 2 N–H and O–H groups in total. The molecule has 2 aliphatic rings. The third-order valence-corrected chi connectivity index (χ3v) is 5.90. The quantitative estimate of drug-likeness (QED) is 0.825. The van der Waals surface area contributed by atoms with Crippen molar-refractivity contribution in [3.05, 3.63) is 29.5 Å². The maximum atomic E-state index is 12.6. The van der Waals surface area contributed by atoms with Gasteiger partial charge in [-0.1, -0.05) is 0 Å². The third-order valence-electron chi connectivity index (χ3n) is 5.90. The summed E-state index contributed by atoms with van der Waals surface area (Å²) in [7, 11) is 1.57. The maximum absolute atomic E-state index is 12.6. The average Bonchev–Trinajstić information content (AvgIpc) is 3.44. The van der Waals surface area contributed by atoms with Crippen LogP contribution in [0.15, 0.2) is 22.6 Å². The van der Waals surface area contributed by atoms with Crippen molar-refractivity contribution in [1.29, 1.82) is 5.26 Å². The van der Waals surface area contributed by atoms with Crippen molar-refractivity contribution in [3.63, 3.8) is 0 Å². The first-order valence-electron chi connectivity index (χ1n) is 9.83. The lowest BCUT2D eigenvalue weighted by molar-refractivity contribution is -0.132. The molecule has 0 bridgehead atoms. The largest absolute Gasteiger partial charge is 0.497 e. The van der Waals surface area contributed by atoms with Gasteiger partial charge in [0.25, 0.3) is 5.91 Å². The number of carbonyl (C=O) groups is 2. The van der Waals surface area contributed by atoms with E-state index in [-0.39, 0.29) is 24.4 Å². The molecule has 0 aliphatic carbocycles. The van der Waals surface area contributed by atoms with Crippen LogP contribution in [0.4, 0.5) is 0 Å². The number of furan rings is 1. The first kappa shape index (κ1) is 19.3. The van der Waals surface area contributed by atoms with Crippen molar-refractivity contribution in [1.82, 2.24) is 9.80 Å². The Bertz CT molecular complexity index is 992. The molecule has 1 aromatic carbocycles. The van der Waals surface area contributed by atoms with E-state index in [1.165, 1.54) is 0 Å². The Morgan fingerprint density at radius 2 is 2.17 bits per heavy atom. The van der Waals surface area contributed by atoms with Gasteiger partial charge in [-0.25, -0.2) is 0 Å². The first-order chi connectivity index (χ1) is 14.0. The zero-order valence-electron chi connectivity index (χ0n) is 16.4. The minimum Gasteiger partial charge on any atom is -0.497 e. The molecule has 0 unspecified atom stereocenters. The van der Waals surface area contributed by atoms with Crippen molar-refractivity contribution >= 4 is 22.8 Å². The van der Waals surface area contributed by atoms with Gasteiger partial charge < -0.3 is 19.8 Å². The summed E-state index contributed by atoms with van der Waals surface area (Å²) >= 11 is 0. The van der Waals surface area contributed by atoms with Crippen LogP contribution in [-0.4, -0.2) is 60.9 Å². The molecule has 1 aromatic heterocycles. The number of ether oxygens (including phenoxy) is 1. The summed E-state index contributed by atoms with van der Waals surface area (Å²) in [6, 6.07) is 7.20. The van der Waals surface area contributed by atoms with E-state index in [2.05, 4.69) is 11.0 Å². The van der Waals surface area contributed by atoms with Gasteiger partial charge in [0.05, 0.1) is 25.3 Å². The van der Waals surface area contributed by atoms with E-state index in [1.807, 2.05) is 0 Å². The van der Waals surface area contributed by atoms with Gasteiger partial charge >= 0.3 is 0 Å². The van der Waals surface area contributed by atoms with Crippen LogP contribution in [0.5, 0.6) is 5.75 Å². The van der Waals surface area contributed by atoms with Crippen LogP contribution in [0.25, 0.3) is 11.0 Å². The highest BCUT2D eigenvalue weighted by molar-refractivity contribution is 6.06. The second kappa shape index (κ2) is 7.76. The summed E-state index contributed by atoms with van der Waals surface area (Å²) in [5.41, 5.74) is 6.63. The minimum absolute atomic E-state index is 0.0147. The van der Waals surface area contributed by atoms with E-state index < -0.39 is 5.91 Å². The van der Waals surface area contributed by atoms with E-state index >= 15 is 0 Å². The van der Waals surface area contributed by atoms with E-state index in [0.29, 0.717) is 41.1 Å². The van der Waals surface area contributed by atoms with Gasteiger partial charge in [0.15, 0.2) is 0 Å². The number of nitriles is 1. The molecular weight excluding hydrogens is 372 g/mol. The molecule has 4 rings (SSSR count). The number of rotatable bonds is 5. The second-order valence-electron chi connectivity index (χ2n) is 7.66. The zero-order chi connectivity index (χ0) is 20.5. The van der Waals surface area contributed by atoms with Crippen LogP contribution < -0.4 is 10.5 Å². The van der Waals surface area contributed by atoms with Gasteiger partial charge in [-0.15, -0.1) is 0 Å². The van der Waals surface area contributed by atoms with Crippen LogP contribution in [0.3, 0.4) is 0 Å². The van der Waals surface area contributed by atoms with E-state index in [1.54, 1.807) is 30.2 Å². The number of amides is 2. The molecule has 152 valence electrons. The molecule has 0 spiro atoms. The SMILES string of the molecule is COc1ccc2c(C(N)=O)c([C@H]3CCN(CC(=O)N4CCC[C@H]4C#N)C3)oc2c1. The smallest absolute Gasteiger partial charge is 0.252 e. The Hall–Kier alpha value is -3.05. The number of methoxy groups -OCH3 is 1. The van der Waals surface area contributed by atoms with E-state index in [4.69, 9.17) is 14.9 Å². The standard InChI is InChI=1S/C21H24N4O4/c1-28-15-4-5-16-17(9-15)29-20(19(16)21(23)27)13-6-8-24(11-13)12-18(26)25-7-2-3-14(25)10-22/h4-5,9,13-14H,2-3,6-8,11-12H2,1H3,(H2,23,27)/t13-,14-/m0/s1. The van der Waals surface area contributed by atoms with Crippen molar-refractivity contribution in [3.8, 4) is 11.8 Å². The van der Waals surface area contributed by atoms with Crippen LogP contribution in [0.2, 0.25) is 0 Å². The lowest BCUT2D eigenvalue weighted by Gasteiger charge is -2.23. The van der Waals surface area contributed by atoms with E-state index in [0.717, 1.165) is 25.8 Å². The number of carbonyl (C=O) groups excluding carboxylic acids is 2. The Morgan fingerprint density at radius 3 is 2.90 bits per heavy atom. The number of nitrogens with two attached hydrogens (primary N) is 1. The fourth-order valence-electron chi connectivity index (χ4n) is 4.44. The van der Waals surface area contributed by atoms with Crippen LogP contribution in [-0.2, 0) is 4.79 Å². The predicted molar refractivity (Wildman–Crippen MR) is 105 cm³/mol. The topological polar surface area (TPSA) is 113 Å². The molecule has 2 aliphatic heterocycles. The number of primary amides is 1. The van der Waals surface area contributed by atoms with Gasteiger partial charge in [-0.2, -0.15) is 5.26 Å². The molecule has 2 aromatic rings. The van der Waals surface area contributed by atoms with Gasteiger partial charge in [0.1, 0.15) is 23.1 Å². The number of likely N-dealkylation sites (tertiary alicyclic amines) is 2. The van der Waals surface area contributed by atoms with Gasteiger partial charge in [0.2, 0.25) is 5.91 Å². The third kappa shape index (κ3) is 3.54. The number of hydrogen-bond donors (Lipinski definition) is 1. The summed E-state index contributed by atoms with van der Waals surface area (Å²) in [4.78, 5) is 28.5. The predicted octanol–water partition coefficient (Wildman–Crippen LogP) is 1.84. The molecule has 29 heavy (non-hydrogen) atoms. The Labute approximate surface area is 168 Å². The van der Waals surface area contributed by atoms with Crippen molar-refractivity contribution in [2.24, 2.45) is 5.73 Å². The first-order valence-corrected chi connectivity index (χ1v) is 9.83. The molecule has 2 atom stereocenters. The number of benzene rings is 1. The van der Waals surface area contributed by atoms with Gasteiger partial charge in [-0.3, -0.25) is 14.5 Å². The molecule has 0 radical (unpaired) electrons. The maximum Gasteiger partial charge on any atom is 0.252 e. The molecule has 2 amide bonds.